The second-order valence-electron chi connectivity index (χ2n) is 5.98. The molecule has 0 fully saturated rings. The number of amides is 1. The van der Waals surface area contributed by atoms with E-state index in [1.807, 2.05) is 54.6 Å². The Kier molecular flexibility index (Phi) is 4.63. The van der Waals surface area contributed by atoms with Crippen molar-refractivity contribution in [1.29, 1.82) is 0 Å². The average molecular weight is 336 g/mol. The highest BCUT2D eigenvalue weighted by atomic mass is 16.1. The molecule has 0 aliphatic rings. The minimum atomic E-state index is -0.700. The summed E-state index contributed by atoms with van der Waals surface area (Å²) in [6, 6.07) is 15.5. The van der Waals surface area contributed by atoms with Crippen molar-refractivity contribution in [3.05, 3.63) is 76.2 Å². The maximum absolute atomic E-state index is 12.7. The molecule has 3 N–H and O–H groups in total. The van der Waals surface area contributed by atoms with E-state index in [2.05, 4.69) is 10.3 Å². The number of nitrogens with one attached hydrogen (secondary N) is 1. The first-order valence-corrected chi connectivity index (χ1v) is 8.05. The van der Waals surface area contributed by atoms with Gasteiger partial charge in [-0.25, -0.2) is 4.98 Å². The summed E-state index contributed by atoms with van der Waals surface area (Å²) in [5, 5.41) is 3.13. The van der Waals surface area contributed by atoms with Gasteiger partial charge >= 0.3 is 0 Å². The van der Waals surface area contributed by atoms with Gasteiger partial charge in [0.25, 0.3) is 5.56 Å². The largest absolute Gasteiger partial charge is 0.368 e. The fourth-order valence-electron chi connectivity index (χ4n) is 2.90. The van der Waals surface area contributed by atoms with Gasteiger partial charge in [0, 0.05) is 7.05 Å². The van der Waals surface area contributed by atoms with Gasteiger partial charge in [0.05, 0.1) is 17.1 Å². The van der Waals surface area contributed by atoms with Crippen LogP contribution in [-0.4, -0.2) is 15.5 Å². The highest BCUT2D eigenvalue weighted by Gasteiger charge is 2.23. The molecule has 6 heteroatoms. The number of nitrogens with two attached hydrogens (primary N) is 1. The minimum absolute atomic E-state index is 0.199. The third-order valence-corrected chi connectivity index (χ3v) is 4.25. The molecule has 0 saturated carbocycles. The molecule has 128 valence electrons. The van der Waals surface area contributed by atoms with Crippen LogP contribution >= 0.6 is 0 Å². The molecule has 1 amide bonds. The highest BCUT2D eigenvalue weighted by Crippen LogP contribution is 2.18. The van der Waals surface area contributed by atoms with Crippen LogP contribution in [0.15, 0.2) is 59.4 Å². The third-order valence-electron chi connectivity index (χ3n) is 4.25. The van der Waals surface area contributed by atoms with Gasteiger partial charge in [-0.15, -0.1) is 0 Å². The number of hydrogen-bond donors (Lipinski definition) is 2. The van der Waals surface area contributed by atoms with Gasteiger partial charge in [-0.3, -0.25) is 14.9 Å². The highest BCUT2D eigenvalue weighted by molar-refractivity contribution is 5.81. The van der Waals surface area contributed by atoms with Crippen LogP contribution in [0.3, 0.4) is 0 Å². The fraction of sp³-hybridized carbons (Fsp3) is 0.211. The molecule has 2 atom stereocenters. The number of benzene rings is 2. The van der Waals surface area contributed by atoms with E-state index >= 15 is 0 Å². The van der Waals surface area contributed by atoms with Crippen LogP contribution in [0.4, 0.5) is 0 Å². The molecular formula is C19H20N4O2. The van der Waals surface area contributed by atoms with Crippen molar-refractivity contribution in [2.75, 3.05) is 0 Å². The molecule has 6 nitrogen and oxygen atoms in total. The molecule has 1 aromatic heterocycles. The van der Waals surface area contributed by atoms with E-state index in [1.165, 1.54) is 0 Å². The molecule has 0 spiro atoms. The van der Waals surface area contributed by atoms with Crippen LogP contribution in [-0.2, 0) is 11.8 Å². The van der Waals surface area contributed by atoms with E-state index in [4.69, 9.17) is 5.73 Å². The number of primary amides is 1. The first kappa shape index (κ1) is 16.9. The zero-order chi connectivity index (χ0) is 18.0. The lowest BCUT2D eigenvalue weighted by molar-refractivity contribution is -0.120. The number of rotatable bonds is 5. The van der Waals surface area contributed by atoms with Crippen molar-refractivity contribution in [3.8, 4) is 0 Å². The average Bonchev–Trinajstić information content (AvgIpc) is 2.63. The lowest BCUT2D eigenvalue weighted by atomic mass is 10.0. The molecule has 0 saturated heterocycles. The summed E-state index contributed by atoms with van der Waals surface area (Å²) in [7, 11) is 1.71. The van der Waals surface area contributed by atoms with Crippen molar-refractivity contribution >= 4 is 16.9 Å². The predicted molar refractivity (Wildman–Crippen MR) is 96.9 cm³/mol. The number of nitrogens with zero attached hydrogens (tertiary/aromatic N) is 2. The Hall–Kier alpha value is -2.99. The molecule has 0 aliphatic carbocycles. The van der Waals surface area contributed by atoms with E-state index < -0.39 is 18.0 Å². The summed E-state index contributed by atoms with van der Waals surface area (Å²) >= 11 is 0. The standard InChI is InChI=1S/C19H20N4O2/c1-12(21-17(18(20)24)13-8-4-3-5-9-13)16-19(25)23(2)15-11-7-6-10-14(15)22-16/h3-12,17,21H,1-2H3,(H2,20,24)/t12-,17+/m0/s1. The third kappa shape index (κ3) is 3.29. The Morgan fingerprint density at radius 1 is 1.12 bits per heavy atom. The number of para-hydroxylation sites is 2. The normalized spacial score (nSPS) is 13.5. The van der Waals surface area contributed by atoms with Crippen molar-refractivity contribution < 1.29 is 4.79 Å². The minimum Gasteiger partial charge on any atom is -0.368 e. The van der Waals surface area contributed by atoms with Crippen molar-refractivity contribution in [1.82, 2.24) is 14.9 Å². The van der Waals surface area contributed by atoms with Gasteiger partial charge in [0.2, 0.25) is 5.91 Å². The lowest BCUT2D eigenvalue weighted by Gasteiger charge is -2.21. The van der Waals surface area contributed by atoms with Crippen LogP contribution < -0.4 is 16.6 Å². The van der Waals surface area contributed by atoms with Crippen LogP contribution in [0.25, 0.3) is 11.0 Å². The number of carbonyl (C=O) groups excluding carboxylic acids is 1. The smallest absolute Gasteiger partial charge is 0.274 e. The SMILES string of the molecule is C[C@H](N[C@@H](C(N)=O)c1ccccc1)c1nc2ccccc2n(C)c1=O. The molecule has 1 heterocycles. The molecular weight excluding hydrogens is 316 g/mol. The first-order valence-electron chi connectivity index (χ1n) is 8.05. The van der Waals surface area contributed by atoms with E-state index in [-0.39, 0.29) is 5.56 Å². The Labute approximate surface area is 145 Å². The molecule has 0 bridgehead atoms. The van der Waals surface area contributed by atoms with E-state index in [9.17, 15) is 9.59 Å². The van der Waals surface area contributed by atoms with E-state index in [0.717, 1.165) is 16.6 Å². The van der Waals surface area contributed by atoms with Gasteiger partial charge in [-0.1, -0.05) is 42.5 Å². The zero-order valence-electron chi connectivity index (χ0n) is 14.1. The van der Waals surface area contributed by atoms with Crippen molar-refractivity contribution in [2.24, 2.45) is 12.8 Å². The van der Waals surface area contributed by atoms with Crippen LogP contribution in [0.5, 0.6) is 0 Å². The van der Waals surface area contributed by atoms with Gasteiger partial charge in [-0.05, 0) is 24.6 Å². The summed E-state index contributed by atoms with van der Waals surface area (Å²) in [5.41, 5.74) is 7.94. The maximum Gasteiger partial charge on any atom is 0.274 e. The molecule has 0 radical (unpaired) electrons. The quantitative estimate of drug-likeness (QED) is 0.743. The molecule has 25 heavy (non-hydrogen) atoms. The number of fused-ring (bicyclic) bond motifs is 1. The molecule has 0 aliphatic heterocycles. The summed E-state index contributed by atoms with van der Waals surface area (Å²) < 4.78 is 1.57. The van der Waals surface area contributed by atoms with Crippen LogP contribution in [0, 0.1) is 0 Å². The van der Waals surface area contributed by atoms with Gasteiger partial charge in [-0.2, -0.15) is 0 Å². The Morgan fingerprint density at radius 3 is 2.44 bits per heavy atom. The molecule has 0 unspecified atom stereocenters. The predicted octanol–water partition coefficient (Wildman–Crippen LogP) is 1.81. The number of carbonyl (C=O) groups is 1. The number of aryl methyl sites for hydroxylation is 1. The lowest BCUT2D eigenvalue weighted by Crippen LogP contribution is -2.38. The van der Waals surface area contributed by atoms with Crippen LogP contribution in [0.1, 0.15) is 30.3 Å². The molecule has 3 rings (SSSR count). The molecule has 3 aromatic rings. The summed E-state index contributed by atoms with van der Waals surface area (Å²) in [6.07, 6.45) is 0. The van der Waals surface area contributed by atoms with E-state index in [1.54, 1.807) is 18.5 Å². The summed E-state index contributed by atoms with van der Waals surface area (Å²) in [6.45, 7) is 1.80. The van der Waals surface area contributed by atoms with Crippen molar-refractivity contribution in [3.63, 3.8) is 0 Å². The second-order valence-corrected chi connectivity index (χ2v) is 5.98. The second kappa shape index (κ2) is 6.86. The van der Waals surface area contributed by atoms with Gasteiger partial charge in [0.1, 0.15) is 11.7 Å². The topological polar surface area (TPSA) is 90.0 Å². The van der Waals surface area contributed by atoms with Crippen LogP contribution in [0.2, 0.25) is 0 Å². The van der Waals surface area contributed by atoms with Crippen molar-refractivity contribution in [2.45, 2.75) is 19.0 Å². The van der Waals surface area contributed by atoms with Gasteiger partial charge in [0.15, 0.2) is 0 Å². The van der Waals surface area contributed by atoms with Gasteiger partial charge < -0.3 is 10.3 Å². The Morgan fingerprint density at radius 2 is 1.76 bits per heavy atom. The van der Waals surface area contributed by atoms with E-state index in [0.29, 0.717) is 5.69 Å². The Balaban J connectivity index is 1.99. The summed E-state index contributed by atoms with van der Waals surface area (Å²) in [4.78, 5) is 29.0. The summed E-state index contributed by atoms with van der Waals surface area (Å²) in [5.74, 6) is -0.504. The molecule has 2 aromatic carbocycles. The number of hydrogen-bond acceptors (Lipinski definition) is 4. The monoisotopic (exact) mass is 336 g/mol. The zero-order valence-corrected chi connectivity index (χ0v) is 14.1. The number of aromatic nitrogens is 2. The first-order chi connectivity index (χ1) is 12.0. The Bertz CT molecular complexity index is 966. The fourth-order valence-corrected chi connectivity index (χ4v) is 2.90. The maximum atomic E-state index is 12.7.